The molecule has 1 saturated heterocycles. The van der Waals surface area contributed by atoms with Crippen molar-refractivity contribution in [2.45, 2.75) is 18.8 Å². The molecule has 0 atom stereocenters. The fourth-order valence-corrected chi connectivity index (χ4v) is 3.07. The van der Waals surface area contributed by atoms with Gasteiger partial charge in [0.05, 0.1) is 38.1 Å². The topological polar surface area (TPSA) is 67.0 Å². The van der Waals surface area contributed by atoms with Gasteiger partial charge in [-0.05, 0) is 13.0 Å². The van der Waals surface area contributed by atoms with E-state index in [9.17, 15) is 0 Å². The highest BCUT2D eigenvalue weighted by atomic mass is 16.5. The number of ether oxygens (including phenoxy) is 2. The van der Waals surface area contributed by atoms with Crippen LogP contribution >= 0.6 is 0 Å². The van der Waals surface area contributed by atoms with Gasteiger partial charge in [0.15, 0.2) is 5.82 Å². The lowest BCUT2D eigenvalue weighted by molar-refractivity contribution is -0.0553. The summed E-state index contributed by atoms with van der Waals surface area (Å²) in [6.07, 6.45) is 4.35. The van der Waals surface area contributed by atoms with Crippen LogP contribution in [-0.2, 0) is 23.6 Å². The van der Waals surface area contributed by atoms with E-state index in [2.05, 4.69) is 12.0 Å². The van der Waals surface area contributed by atoms with Crippen molar-refractivity contribution in [3.05, 3.63) is 53.9 Å². The number of hydrogen-bond donors (Lipinski definition) is 0. The number of para-hydroxylation sites is 1. The van der Waals surface area contributed by atoms with Crippen molar-refractivity contribution < 1.29 is 9.47 Å². The van der Waals surface area contributed by atoms with Gasteiger partial charge in [0.2, 0.25) is 0 Å². The largest absolute Gasteiger partial charge is 0.496 e. The van der Waals surface area contributed by atoms with Gasteiger partial charge in [0, 0.05) is 19.0 Å². The van der Waals surface area contributed by atoms with Crippen LogP contribution in [0.5, 0.6) is 5.75 Å². The van der Waals surface area contributed by atoms with Gasteiger partial charge < -0.3 is 9.47 Å². The first-order valence-electron chi connectivity index (χ1n) is 8.24. The first-order chi connectivity index (χ1) is 12.1. The van der Waals surface area contributed by atoms with Crippen molar-refractivity contribution in [2.75, 3.05) is 20.3 Å². The van der Waals surface area contributed by atoms with Crippen LogP contribution in [0.15, 0.2) is 36.7 Å². The molecule has 0 amide bonds. The summed E-state index contributed by atoms with van der Waals surface area (Å²) in [6.45, 7) is 3.46. The first-order valence-corrected chi connectivity index (χ1v) is 8.24. The Hall–Kier alpha value is -2.67. The van der Waals surface area contributed by atoms with E-state index in [-0.39, 0.29) is 5.41 Å². The SMILES string of the molecule is COc1ccccc1Cc1nc(C2(C)COC2)n(-c2cnn(C)c2)n1. The van der Waals surface area contributed by atoms with Crippen molar-refractivity contribution in [1.29, 1.82) is 0 Å². The molecular weight excluding hydrogens is 318 g/mol. The number of aryl methyl sites for hydroxylation is 1. The Morgan fingerprint density at radius 2 is 2.08 bits per heavy atom. The minimum absolute atomic E-state index is 0.123. The zero-order chi connectivity index (χ0) is 17.4. The van der Waals surface area contributed by atoms with E-state index in [0.717, 1.165) is 28.6 Å². The molecule has 0 spiro atoms. The lowest BCUT2D eigenvalue weighted by Crippen LogP contribution is -2.46. The molecule has 0 saturated carbocycles. The highest BCUT2D eigenvalue weighted by Gasteiger charge is 2.40. The molecule has 7 nitrogen and oxygen atoms in total. The molecule has 7 heteroatoms. The van der Waals surface area contributed by atoms with Crippen LogP contribution < -0.4 is 4.74 Å². The molecule has 0 unspecified atom stereocenters. The van der Waals surface area contributed by atoms with Crippen molar-refractivity contribution in [1.82, 2.24) is 24.5 Å². The number of rotatable bonds is 5. The van der Waals surface area contributed by atoms with Gasteiger partial charge in [-0.1, -0.05) is 18.2 Å². The maximum Gasteiger partial charge on any atom is 0.155 e. The van der Waals surface area contributed by atoms with E-state index >= 15 is 0 Å². The second kappa shape index (κ2) is 6.00. The van der Waals surface area contributed by atoms with E-state index in [4.69, 9.17) is 19.6 Å². The molecule has 2 aromatic heterocycles. The highest BCUT2D eigenvalue weighted by molar-refractivity contribution is 5.36. The van der Waals surface area contributed by atoms with Crippen LogP contribution in [0.1, 0.15) is 24.1 Å². The van der Waals surface area contributed by atoms with E-state index in [1.54, 1.807) is 18.0 Å². The fraction of sp³-hybridized carbons (Fsp3) is 0.389. The number of aromatic nitrogens is 5. The molecule has 130 valence electrons. The molecule has 1 aromatic carbocycles. The Balaban J connectivity index is 1.74. The van der Waals surface area contributed by atoms with Crippen LogP contribution in [0.25, 0.3) is 5.69 Å². The summed E-state index contributed by atoms with van der Waals surface area (Å²) in [5, 5.41) is 9.01. The maximum atomic E-state index is 5.45. The zero-order valence-corrected chi connectivity index (χ0v) is 14.6. The van der Waals surface area contributed by atoms with Gasteiger partial charge in [-0.25, -0.2) is 9.67 Å². The monoisotopic (exact) mass is 339 g/mol. The predicted octanol–water partition coefficient (Wildman–Crippen LogP) is 1.89. The summed E-state index contributed by atoms with van der Waals surface area (Å²) in [4.78, 5) is 4.84. The van der Waals surface area contributed by atoms with Gasteiger partial charge >= 0.3 is 0 Å². The average molecular weight is 339 g/mol. The molecule has 1 aliphatic rings. The molecule has 1 fully saturated rings. The molecule has 3 heterocycles. The summed E-state index contributed by atoms with van der Waals surface area (Å²) >= 11 is 0. The Bertz CT molecular complexity index is 895. The van der Waals surface area contributed by atoms with Crippen LogP contribution in [0.2, 0.25) is 0 Å². The minimum atomic E-state index is -0.123. The van der Waals surface area contributed by atoms with Gasteiger partial charge in [-0.15, -0.1) is 0 Å². The zero-order valence-electron chi connectivity index (χ0n) is 14.6. The van der Waals surface area contributed by atoms with E-state index in [1.807, 2.05) is 42.2 Å². The van der Waals surface area contributed by atoms with Gasteiger partial charge in [0.25, 0.3) is 0 Å². The van der Waals surface area contributed by atoms with Crippen molar-refractivity contribution >= 4 is 0 Å². The Kier molecular flexibility index (Phi) is 3.80. The quantitative estimate of drug-likeness (QED) is 0.710. The first kappa shape index (κ1) is 15.8. The molecule has 0 N–H and O–H groups in total. The molecular formula is C18H21N5O2. The number of nitrogens with zero attached hydrogens (tertiary/aromatic N) is 5. The second-order valence-electron chi connectivity index (χ2n) is 6.68. The van der Waals surface area contributed by atoms with Crippen LogP contribution in [0.4, 0.5) is 0 Å². The summed E-state index contributed by atoms with van der Waals surface area (Å²) in [5.74, 6) is 2.52. The molecule has 4 rings (SSSR count). The summed E-state index contributed by atoms with van der Waals surface area (Å²) in [7, 11) is 3.57. The van der Waals surface area contributed by atoms with Crippen LogP contribution in [0.3, 0.4) is 0 Å². The fourth-order valence-electron chi connectivity index (χ4n) is 3.07. The Morgan fingerprint density at radius 3 is 2.72 bits per heavy atom. The number of benzene rings is 1. The summed E-state index contributed by atoms with van der Waals surface area (Å²) < 4.78 is 14.5. The second-order valence-corrected chi connectivity index (χ2v) is 6.68. The molecule has 25 heavy (non-hydrogen) atoms. The van der Waals surface area contributed by atoms with Gasteiger partial charge in [0.1, 0.15) is 17.3 Å². The molecule has 1 aliphatic heterocycles. The Labute approximate surface area is 146 Å². The maximum absolute atomic E-state index is 5.45. The number of hydrogen-bond acceptors (Lipinski definition) is 5. The predicted molar refractivity (Wildman–Crippen MR) is 92.1 cm³/mol. The van der Waals surface area contributed by atoms with Crippen LogP contribution in [-0.4, -0.2) is 44.9 Å². The third-order valence-corrected chi connectivity index (χ3v) is 4.51. The Morgan fingerprint density at radius 1 is 1.28 bits per heavy atom. The summed E-state index contributed by atoms with van der Waals surface area (Å²) in [5.41, 5.74) is 1.85. The molecule has 3 aromatic rings. The lowest BCUT2D eigenvalue weighted by atomic mass is 9.87. The smallest absolute Gasteiger partial charge is 0.155 e. The molecule has 0 bridgehead atoms. The third-order valence-electron chi connectivity index (χ3n) is 4.51. The van der Waals surface area contributed by atoms with Gasteiger partial charge in [-0.2, -0.15) is 10.2 Å². The van der Waals surface area contributed by atoms with Crippen LogP contribution in [0, 0.1) is 0 Å². The van der Waals surface area contributed by atoms with E-state index in [0.29, 0.717) is 19.6 Å². The van der Waals surface area contributed by atoms with Crippen molar-refractivity contribution in [3.8, 4) is 11.4 Å². The highest BCUT2D eigenvalue weighted by Crippen LogP contribution is 2.32. The van der Waals surface area contributed by atoms with E-state index < -0.39 is 0 Å². The standard InChI is InChI=1S/C18H21N5O2/c1-18(11-25-12-18)17-20-16(8-13-6-4-5-7-15(13)24-3)21-23(17)14-9-19-22(2)10-14/h4-7,9-10H,8,11-12H2,1-3H3. The molecule has 0 aliphatic carbocycles. The third kappa shape index (κ3) is 2.80. The van der Waals surface area contributed by atoms with Gasteiger partial charge in [-0.3, -0.25) is 4.68 Å². The van der Waals surface area contributed by atoms with Crippen molar-refractivity contribution in [3.63, 3.8) is 0 Å². The molecule has 0 radical (unpaired) electrons. The average Bonchev–Trinajstić information content (AvgIpc) is 3.19. The number of methoxy groups -OCH3 is 1. The summed E-state index contributed by atoms with van der Waals surface area (Å²) in [6, 6.07) is 7.95. The normalized spacial score (nSPS) is 15.8. The minimum Gasteiger partial charge on any atom is -0.496 e. The van der Waals surface area contributed by atoms with Crippen molar-refractivity contribution in [2.24, 2.45) is 7.05 Å². The van der Waals surface area contributed by atoms with E-state index in [1.165, 1.54) is 0 Å². The lowest BCUT2D eigenvalue weighted by Gasteiger charge is -2.36.